The van der Waals surface area contributed by atoms with Crippen molar-refractivity contribution in [3.05, 3.63) is 90.0 Å². The van der Waals surface area contributed by atoms with Gasteiger partial charge in [-0.05, 0) is 55.3 Å². The molecule has 1 atom stereocenters. The van der Waals surface area contributed by atoms with E-state index >= 15 is 0 Å². The molecule has 26 heavy (non-hydrogen) atoms. The summed E-state index contributed by atoms with van der Waals surface area (Å²) >= 11 is 0. The van der Waals surface area contributed by atoms with Gasteiger partial charge in [0.15, 0.2) is 0 Å². The van der Waals surface area contributed by atoms with Crippen LogP contribution in [0.2, 0.25) is 0 Å². The SMILES string of the molecule is Cc1c(O)cccc1C(C)OC(=O)N(c1ccccc1)c1ccccc1. The van der Waals surface area contributed by atoms with E-state index in [4.69, 9.17) is 4.74 Å². The molecule has 1 unspecified atom stereocenters. The average Bonchev–Trinajstić information content (AvgIpc) is 2.66. The second-order valence-electron chi connectivity index (χ2n) is 6.02. The maximum atomic E-state index is 13.0. The zero-order valence-electron chi connectivity index (χ0n) is 14.8. The van der Waals surface area contributed by atoms with Crippen LogP contribution in [0.1, 0.15) is 24.2 Å². The Labute approximate surface area is 153 Å². The molecule has 0 spiro atoms. The number of hydrogen-bond donors (Lipinski definition) is 1. The number of carbonyl (C=O) groups is 1. The Kier molecular flexibility index (Phi) is 5.23. The number of amides is 1. The highest BCUT2D eigenvalue weighted by Crippen LogP contribution is 2.30. The highest BCUT2D eigenvalue weighted by molar-refractivity contribution is 5.96. The summed E-state index contributed by atoms with van der Waals surface area (Å²) in [7, 11) is 0. The first-order valence-corrected chi connectivity index (χ1v) is 8.47. The Balaban J connectivity index is 1.90. The molecule has 0 bridgehead atoms. The van der Waals surface area contributed by atoms with E-state index in [-0.39, 0.29) is 5.75 Å². The van der Waals surface area contributed by atoms with Crippen LogP contribution < -0.4 is 4.90 Å². The maximum Gasteiger partial charge on any atom is 0.419 e. The molecule has 3 aromatic rings. The van der Waals surface area contributed by atoms with Crippen molar-refractivity contribution in [3.8, 4) is 5.75 Å². The summed E-state index contributed by atoms with van der Waals surface area (Å²) in [6.45, 7) is 3.61. The van der Waals surface area contributed by atoms with Crippen LogP contribution in [0.15, 0.2) is 78.9 Å². The Hall–Kier alpha value is -3.27. The number of phenols is 1. The van der Waals surface area contributed by atoms with Gasteiger partial charge < -0.3 is 9.84 Å². The molecule has 0 aliphatic rings. The van der Waals surface area contributed by atoms with Gasteiger partial charge >= 0.3 is 6.09 Å². The molecular formula is C22H21NO3. The summed E-state index contributed by atoms with van der Waals surface area (Å²) in [6, 6.07) is 24.0. The number of nitrogens with zero attached hydrogens (tertiary/aromatic N) is 1. The summed E-state index contributed by atoms with van der Waals surface area (Å²) in [4.78, 5) is 14.5. The molecule has 0 heterocycles. The summed E-state index contributed by atoms with van der Waals surface area (Å²) in [6.07, 6.45) is -0.970. The first-order valence-electron chi connectivity index (χ1n) is 8.47. The molecule has 4 nitrogen and oxygen atoms in total. The van der Waals surface area contributed by atoms with Gasteiger partial charge in [0.25, 0.3) is 0 Å². The Morgan fingerprint density at radius 2 is 1.42 bits per heavy atom. The van der Waals surface area contributed by atoms with Crippen molar-refractivity contribution in [2.75, 3.05) is 4.90 Å². The minimum absolute atomic E-state index is 0.188. The summed E-state index contributed by atoms with van der Waals surface area (Å²) in [5.41, 5.74) is 2.94. The van der Waals surface area contributed by atoms with E-state index in [2.05, 4.69) is 0 Å². The van der Waals surface area contributed by atoms with Crippen molar-refractivity contribution < 1.29 is 14.6 Å². The second-order valence-corrected chi connectivity index (χ2v) is 6.02. The molecule has 0 fully saturated rings. The quantitative estimate of drug-likeness (QED) is 0.655. The lowest BCUT2D eigenvalue weighted by molar-refractivity contribution is 0.116. The molecule has 0 aliphatic heterocycles. The number of carbonyl (C=O) groups excluding carboxylic acids is 1. The van der Waals surface area contributed by atoms with Crippen molar-refractivity contribution in [3.63, 3.8) is 0 Å². The van der Waals surface area contributed by atoms with Crippen molar-refractivity contribution in [1.82, 2.24) is 0 Å². The van der Waals surface area contributed by atoms with Gasteiger partial charge in [0.05, 0.1) is 11.4 Å². The summed E-state index contributed by atoms with van der Waals surface area (Å²) in [5.74, 6) is 0.188. The van der Waals surface area contributed by atoms with E-state index in [0.717, 1.165) is 16.9 Å². The van der Waals surface area contributed by atoms with Gasteiger partial charge in [-0.2, -0.15) is 0 Å². The second kappa shape index (κ2) is 7.74. The van der Waals surface area contributed by atoms with Crippen LogP contribution in [-0.2, 0) is 4.74 Å². The summed E-state index contributed by atoms with van der Waals surface area (Å²) < 4.78 is 5.72. The van der Waals surface area contributed by atoms with Crippen LogP contribution >= 0.6 is 0 Å². The third-order valence-corrected chi connectivity index (χ3v) is 4.27. The van der Waals surface area contributed by atoms with E-state index in [9.17, 15) is 9.90 Å². The molecule has 0 aromatic heterocycles. The number of ether oxygens (including phenoxy) is 1. The molecule has 3 rings (SSSR count). The standard InChI is InChI=1S/C22H21NO3/c1-16-20(14-9-15-21(16)24)17(2)26-22(25)23(18-10-5-3-6-11-18)19-12-7-4-8-13-19/h3-15,17,24H,1-2H3. The molecule has 1 amide bonds. The minimum atomic E-state index is -0.496. The van der Waals surface area contributed by atoms with Crippen molar-refractivity contribution in [2.45, 2.75) is 20.0 Å². The number of para-hydroxylation sites is 2. The van der Waals surface area contributed by atoms with E-state index in [0.29, 0.717) is 5.56 Å². The Morgan fingerprint density at radius 1 is 0.885 bits per heavy atom. The van der Waals surface area contributed by atoms with Crippen LogP contribution in [0.4, 0.5) is 16.2 Å². The van der Waals surface area contributed by atoms with Crippen LogP contribution in [0, 0.1) is 6.92 Å². The normalized spacial score (nSPS) is 11.6. The average molecular weight is 347 g/mol. The molecule has 0 radical (unpaired) electrons. The van der Waals surface area contributed by atoms with Gasteiger partial charge in [0, 0.05) is 0 Å². The maximum absolute atomic E-state index is 13.0. The number of aromatic hydroxyl groups is 1. The van der Waals surface area contributed by atoms with Crippen molar-refractivity contribution >= 4 is 17.5 Å². The zero-order chi connectivity index (χ0) is 18.5. The van der Waals surface area contributed by atoms with Gasteiger partial charge in [0.1, 0.15) is 11.9 Å². The lowest BCUT2D eigenvalue weighted by Gasteiger charge is -2.25. The number of rotatable bonds is 4. The fraction of sp³-hybridized carbons (Fsp3) is 0.136. The lowest BCUT2D eigenvalue weighted by Crippen LogP contribution is -2.27. The van der Waals surface area contributed by atoms with Crippen molar-refractivity contribution in [2.24, 2.45) is 0 Å². The number of anilines is 2. The smallest absolute Gasteiger partial charge is 0.419 e. The first-order chi connectivity index (χ1) is 12.6. The van der Waals surface area contributed by atoms with Gasteiger partial charge in [0.2, 0.25) is 0 Å². The molecular weight excluding hydrogens is 326 g/mol. The van der Waals surface area contributed by atoms with Crippen LogP contribution in [0.3, 0.4) is 0 Å². The van der Waals surface area contributed by atoms with E-state index < -0.39 is 12.2 Å². The van der Waals surface area contributed by atoms with Crippen LogP contribution in [0.25, 0.3) is 0 Å². The topological polar surface area (TPSA) is 49.8 Å². The fourth-order valence-electron chi connectivity index (χ4n) is 2.86. The fourth-order valence-corrected chi connectivity index (χ4v) is 2.86. The molecule has 4 heteroatoms. The predicted molar refractivity (Wildman–Crippen MR) is 103 cm³/mol. The number of benzene rings is 3. The Morgan fingerprint density at radius 3 is 1.96 bits per heavy atom. The Bertz CT molecular complexity index is 839. The van der Waals surface area contributed by atoms with Gasteiger partial charge in [-0.3, -0.25) is 0 Å². The predicted octanol–water partition coefficient (Wildman–Crippen LogP) is 5.74. The van der Waals surface area contributed by atoms with Crippen LogP contribution in [0.5, 0.6) is 5.75 Å². The van der Waals surface area contributed by atoms with Gasteiger partial charge in [-0.15, -0.1) is 0 Å². The van der Waals surface area contributed by atoms with Crippen LogP contribution in [-0.4, -0.2) is 11.2 Å². The lowest BCUT2D eigenvalue weighted by atomic mass is 10.0. The molecule has 0 saturated heterocycles. The van der Waals surface area contributed by atoms with Gasteiger partial charge in [-0.1, -0.05) is 48.5 Å². The highest BCUT2D eigenvalue weighted by Gasteiger charge is 2.23. The third kappa shape index (κ3) is 3.70. The van der Waals surface area contributed by atoms with Gasteiger partial charge in [-0.25, -0.2) is 9.69 Å². The molecule has 3 aromatic carbocycles. The highest BCUT2D eigenvalue weighted by atomic mass is 16.6. The minimum Gasteiger partial charge on any atom is -0.508 e. The molecule has 1 N–H and O–H groups in total. The monoisotopic (exact) mass is 347 g/mol. The largest absolute Gasteiger partial charge is 0.508 e. The first kappa shape index (κ1) is 17.5. The number of hydrogen-bond acceptors (Lipinski definition) is 3. The van der Waals surface area contributed by atoms with Crippen molar-refractivity contribution in [1.29, 1.82) is 0 Å². The zero-order valence-corrected chi connectivity index (χ0v) is 14.8. The number of phenolic OH excluding ortho intramolecular Hbond substituents is 1. The van der Waals surface area contributed by atoms with E-state index in [1.165, 1.54) is 4.90 Å². The molecule has 0 aliphatic carbocycles. The van der Waals surface area contributed by atoms with E-state index in [1.807, 2.05) is 66.7 Å². The molecule has 0 saturated carbocycles. The third-order valence-electron chi connectivity index (χ3n) is 4.27. The summed E-state index contributed by atoms with van der Waals surface area (Å²) in [5, 5.41) is 9.90. The molecule has 132 valence electrons. The van der Waals surface area contributed by atoms with E-state index in [1.54, 1.807) is 26.0 Å².